The van der Waals surface area contributed by atoms with Gasteiger partial charge in [0, 0.05) is 52.9 Å². The van der Waals surface area contributed by atoms with Crippen molar-refractivity contribution in [1.82, 2.24) is 20.0 Å². The van der Waals surface area contributed by atoms with E-state index >= 15 is 0 Å². The molecule has 0 spiro atoms. The van der Waals surface area contributed by atoms with Crippen molar-refractivity contribution in [2.75, 3.05) is 66.0 Å². The number of aliphatic imine (C=N–C) groups is 1. The molecule has 0 unspecified atom stereocenters. The van der Waals surface area contributed by atoms with E-state index in [1.54, 1.807) is 0 Å². The predicted molar refractivity (Wildman–Crippen MR) is 118 cm³/mol. The zero-order chi connectivity index (χ0) is 19.5. The highest BCUT2D eigenvalue weighted by atomic mass is 15.3. The molecular formula is C22H45N5. The van der Waals surface area contributed by atoms with Crippen molar-refractivity contribution in [2.45, 2.75) is 59.3 Å². The molecule has 1 heterocycles. The minimum atomic E-state index is 0.844. The Balaban J connectivity index is 1.65. The first-order valence-corrected chi connectivity index (χ1v) is 11.6. The van der Waals surface area contributed by atoms with Crippen LogP contribution in [-0.2, 0) is 0 Å². The molecule has 0 bridgehead atoms. The number of nitrogens with zero attached hydrogens (tertiary/aromatic N) is 4. The summed E-state index contributed by atoms with van der Waals surface area (Å²) in [5.41, 5.74) is 0. The zero-order valence-electron chi connectivity index (χ0n) is 18.6. The van der Waals surface area contributed by atoms with E-state index in [4.69, 9.17) is 4.99 Å². The molecule has 0 aromatic carbocycles. The van der Waals surface area contributed by atoms with E-state index in [1.807, 2.05) is 0 Å². The molecular weight excluding hydrogens is 334 g/mol. The lowest BCUT2D eigenvalue weighted by Gasteiger charge is -2.34. The fourth-order valence-electron chi connectivity index (χ4n) is 4.42. The summed E-state index contributed by atoms with van der Waals surface area (Å²) >= 11 is 0. The molecule has 1 aliphatic carbocycles. The number of likely N-dealkylation sites (N-methyl/N-ethyl adjacent to an activating group) is 1. The minimum absolute atomic E-state index is 0.844. The maximum atomic E-state index is 4.91. The Bertz CT molecular complexity index is 409. The molecule has 5 heteroatoms. The lowest BCUT2D eigenvalue weighted by atomic mass is 9.83. The van der Waals surface area contributed by atoms with Crippen molar-refractivity contribution in [3.63, 3.8) is 0 Å². The second kappa shape index (κ2) is 12.6. The Labute approximate surface area is 168 Å². The Morgan fingerprint density at radius 3 is 2.30 bits per heavy atom. The molecule has 0 radical (unpaired) electrons. The van der Waals surface area contributed by atoms with Gasteiger partial charge < -0.3 is 20.0 Å². The number of nitrogens with one attached hydrogen (secondary N) is 1. The molecule has 1 saturated heterocycles. The molecule has 0 aromatic rings. The van der Waals surface area contributed by atoms with Gasteiger partial charge in [0.25, 0.3) is 0 Å². The number of hydrogen-bond acceptors (Lipinski definition) is 3. The average molecular weight is 380 g/mol. The van der Waals surface area contributed by atoms with Crippen LogP contribution in [0.1, 0.15) is 59.3 Å². The van der Waals surface area contributed by atoms with E-state index in [2.05, 4.69) is 47.8 Å². The van der Waals surface area contributed by atoms with Gasteiger partial charge in [-0.15, -0.1) is 0 Å². The van der Waals surface area contributed by atoms with Crippen LogP contribution in [0.4, 0.5) is 0 Å². The molecule has 158 valence electrons. The fraction of sp³-hybridized carbons (Fsp3) is 0.955. The van der Waals surface area contributed by atoms with E-state index in [9.17, 15) is 0 Å². The highest BCUT2D eigenvalue weighted by molar-refractivity contribution is 5.79. The molecule has 5 nitrogen and oxygen atoms in total. The van der Waals surface area contributed by atoms with Crippen LogP contribution in [-0.4, -0.2) is 86.6 Å². The van der Waals surface area contributed by atoms with E-state index in [0.717, 1.165) is 37.4 Å². The number of guanidine groups is 1. The number of rotatable bonds is 9. The van der Waals surface area contributed by atoms with E-state index in [1.165, 1.54) is 77.8 Å². The van der Waals surface area contributed by atoms with Crippen LogP contribution >= 0.6 is 0 Å². The highest BCUT2D eigenvalue weighted by Gasteiger charge is 2.20. The number of hydrogen-bond donors (Lipinski definition) is 1. The molecule has 0 aromatic heterocycles. The summed E-state index contributed by atoms with van der Waals surface area (Å²) < 4.78 is 0. The monoisotopic (exact) mass is 379 g/mol. The highest BCUT2D eigenvalue weighted by Crippen LogP contribution is 2.28. The van der Waals surface area contributed by atoms with Crippen molar-refractivity contribution in [3.8, 4) is 0 Å². The SMILES string of the molecule is CCNC(=NCCCCN1CCN(CC)CC1)N(C)CC1CCC(C)CC1. The van der Waals surface area contributed by atoms with Gasteiger partial charge in [-0.1, -0.05) is 26.7 Å². The quantitative estimate of drug-likeness (QED) is 0.379. The van der Waals surface area contributed by atoms with Crippen LogP contribution in [0.5, 0.6) is 0 Å². The Morgan fingerprint density at radius 1 is 1.00 bits per heavy atom. The molecule has 0 amide bonds. The first-order chi connectivity index (χ1) is 13.1. The topological polar surface area (TPSA) is 34.1 Å². The predicted octanol–water partition coefficient (Wildman–Crippen LogP) is 3.13. The third-order valence-corrected chi connectivity index (χ3v) is 6.42. The lowest BCUT2D eigenvalue weighted by Crippen LogP contribution is -2.46. The van der Waals surface area contributed by atoms with Crippen molar-refractivity contribution in [2.24, 2.45) is 16.8 Å². The summed E-state index contributed by atoms with van der Waals surface area (Å²) in [5.74, 6) is 2.88. The minimum Gasteiger partial charge on any atom is -0.357 e. The first-order valence-electron chi connectivity index (χ1n) is 11.6. The summed E-state index contributed by atoms with van der Waals surface area (Å²) in [6.07, 6.45) is 8.03. The normalized spacial score (nSPS) is 25.6. The van der Waals surface area contributed by atoms with Crippen LogP contribution in [0.2, 0.25) is 0 Å². The van der Waals surface area contributed by atoms with Gasteiger partial charge in [-0.2, -0.15) is 0 Å². The number of piperazine rings is 1. The molecule has 2 aliphatic rings. The summed E-state index contributed by atoms with van der Waals surface area (Å²) in [6, 6.07) is 0. The van der Waals surface area contributed by atoms with Crippen LogP contribution in [0.25, 0.3) is 0 Å². The molecule has 1 N–H and O–H groups in total. The molecule has 2 fully saturated rings. The van der Waals surface area contributed by atoms with Crippen LogP contribution < -0.4 is 5.32 Å². The largest absolute Gasteiger partial charge is 0.357 e. The van der Waals surface area contributed by atoms with Crippen LogP contribution in [0, 0.1) is 11.8 Å². The maximum Gasteiger partial charge on any atom is 0.193 e. The number of unbranched alkanes of at least 4 members (excludes halogenated alkanes) is 1. The fourth-order valence-corrected chi connectivity index (χ4v) is 4.42. The van der Waals surface area contributed by atoms with Gasteiger partial charge in [0.2, 0.25) is 0 Å². The second-order valence-electron chi connectivity index (χ2n) is 8.73. The summed E-state index contributed by atoms with van der Waals surface area (Å²) in [4.78, 5) is 12.4. The molecule has 27 heavy (non-hydrogen) atoms. The smallest absolute Gasteiger partial charge is 0.193 e. The Kier molecular flexibility index (Phi) is 10.5. The van der Waals surface area contributed by atoms with Gasteiger partial charge in [0.1, 0.15) is 0 Å². The molecule has 1 aliphatic heterocycles. The van der Waals surface area contributed by atoms with E-state index < -0.39 is 0 Å². The van der Waals surface area contributed by atoms with Crippen molar-refractivity contribution in [3.05, 3.63) is 0 Å². The van der Waals surface area contributed by atoms with Crippen molar-refractivity contribution >= 4 is 5.96 Å². The van der Waals surface area contributed by atoms with Gasteiger partial charge in [-0.05, 0) is 57.5 Å². The first kappa shape index (κ1) is 22.5. The maximum absolute atomic E-state index is 4.91. The van der Waals surface area contributed by atoms with Gasteiger partial charge in [0.15, 0.2) is 5.96 Å². The van der Waals surface area contributed by atoms with Crippen molar-refractivity contribution < 1.29 is 0 Å². The third kappa shape index (κ3) is 8.39. The summed E-state index contributed by atoms with van der Waals surface area (Å²) in [6.45, 7) is 17.3. The summed E-state index contributed by atoms with van der Waals surface area (Å²) in [5, 5.41) is 3.49. The van der Waals surface area contributed by atoms with E-state index in [-0.39, 0.29) is 0 Å². The average Bonchev–Trinajstić information content (AvgIpc) is 2.69. The van der Waals surface area contributed by atoms with Crippen molar-refractivity contribution in [1.29, 1.82) is 0 Å². The lowest BCUT2D eigenvalue weighted by molar-refractivity contribution is 0.136. The van der Waals surface area contributed by atoms with E-state index in [0.29, 0.717) is 0 Å². The Hall–Kier alpha value is -0.810. The van der Waals surface area contributed by atoms with Gasteiger partial charge >= 0.3 is 0 Å². The molecule has 2 rings (SSSR count). The molecule has 0 atom stereocenters. The van der Waals surface area contributed by atoms with Gasteiger partial charge in [-0.3, -0.25) is 4.99 Å². The standard InChI is InChI=1S/C22H45N5/c1-5-23-22(25(4)19-21-11-9-20(3)10-12-21)24-13-7-8-14-27-17-15-26(6-2)16-18-27/h20-21H,5-19H2,1-4H3,(H,23,24). The van der Waals surface area contributed by atoms with Crippen LogP contribution in [0.15, 0.2) is 4.99 Å². The molecule has 1 saturated carbocycles. The zero-order valence-corrected chi connectivity index (χ0v) is 18.6. The van der Waals surface area contributed by atoms with Gasteiger partial charge in [0.05, 0.1) is 0 Å². The van der Waals surface area contributed by atoms with Crippen LogP contribution in [0.3, 0.4) is 0 Å². The third-order valence-electron chi connectivity index (χ3n) is 6.42. The second-order valence-corrected chi connectivity index (χ2v) is 8.73. The van der Waals surface area contributed by atoms with Gasteiger partial charge in [-0.25, -0.2) is 0 Å². The Morgan fingerprint density at radius 2 is 1.67 bits per heavy atom. The summed E-state index contributed by atoms with van der Waals surface area (Å²) in [7, 11) is 2.22.